The highest BCUT2D eigenvalue weighted by Crippen LogP contribution is 2.12. The number of ether oxygens (including phenoxy) is 1. The predicted octanol–water partition coefficient (Wildman–Crippen LogP) is 1.64. The first-order valence-corrected chi connectivity index (χ1v) is 6.13. The summed E-state index contributed by atoms with van der Waals surface area (Å²) < 4.78 is 5.29. The summed E-state index contributed by atoms with van der Waals surface area (Å²) in [4.78, 5) is 26.8. The van der Waals surface area contributed by atoms with Crippen LogP contribution in [0.3, 0.4) is 0 Å². The van der Waals surface area contributed by atoms with Gasteiger partial charge in [0.2, 0.25) is 5.91 Å². The molecule has 0 saturated carbocycles. The lowest BCUT2D eigenvalue weighted by molar-refractivity contribution is -0.128. The normalized spacial score (nSPS) is 16.4. The zero-order valence-electron chi connectivity index (χ0n) is 11.7. The van der Waals surface area contributed by atoms with Gasteiger partial charge in [-0.05, 0) is 27.7 Å². The Morgan fingerprint density at radius 3 is 1.89 bits per heavy atom. The highest BCUT2D eigenvalue weighted by molar-refractivity contribution is 5.92. The van der Waals surface area contributed by atoms with E-state index in [9.17, 15) is 9.59 Å². The number of amides is 2. The summed E-state index contributed by atoms with van der Waals surface area (Å²) in [6.45, 7) is 12.9. The Morgan fingerprint density at radius 1 is 1.06 bits per heavy atom. The fraction of sp³-hybridized carbons (Fsp3) is 0.692. The van der Waals surface area contributed by atoms with Crippen LogP contribution in [0.2, 0.25) is 0 Å². The van der Waals surface area contributed by atoms with Gasteiger partial charge in [-0.3, -0.25) is 4.79 Å². The van der Waals surface area contributed by atoms with Crippen LogP contribution >= 0.6 is 0 Å². The van der Waals surface area contributed by atoms with E-state index in [1.165, 1.54) is 0 Å². The van der Waals surface area contributed by atoms with Gasteiger partial charge in [0.15, 0.2) is 0 Å². The Balaban J connectivity index is 2.47. The molecular weight excluding hydrogens is 232 g/mol. The Hall–Kier alpha value is -1.52. The third kappa shape index (κ3) is 4.05. The summed E-state index contributed by atoms with van der Waals surface area (Å²) >= 11 is 0. The largest absolute Gasteiger partial charge is 0.444 e. The van der Waals surface area contributed by atoms with Crippen LogP contribution in [-0.2, 0) is 9.53 Å². The van der Waals surface area contributed by atoms with Crippen molar-refractivity contribution >= 4 is 12.0 Å². The summed E-state index contributed by atoms with van der Waals surface area (Å²) in [6.07, 6.45) is -0.315. The number of hydrogen-bond donors (Lipinski definition) is 0. The minimum absolute atomic E-state index is 0.0427. The molecule has 0 aromatic carbocycles. The van der Waals surface area contributed by atoms with Crippen molar-refractivity contribution < 1.29 is 14.3 Å². The van der Waals surface area contributed by atoms with Crippen LogP contribution in [0.5, 0.6) is 0 Å². The van der Waals surface area contributed by atoms with E-state index in [2.05, 4.69) is 6.58 Å². The van der Waals surface area contributed by atoms with E-state index in [-0.39, 0.29) is 12.0 Å². The average Bonchev–Trinajstić information content (AvgIpc) is 2.26. The number of rotatable bonds is 1. The first-order chi connectivity index (χ1) is 8.20. The smallest absolute Gasteiger partial charge is 0.410 e. The fourth-order valence-electron chi connectivity index (χ4n) is 1.69. The van der Waals surface area contributed by atoms with Gasteiger partial charge >= 0.3 is 6.09 Å². The lowest BCUT2D eigenvalue weighted by Gasteiger charge is -2.35. The number of carbonyl (C=O) groups is 2. The fourth-order valence-corrected chi connectivity index (χ4v) is 1.69. The molecule has 1 rings (SSSR count). The Morgan fingerprint density at radius 2 is 1.50 bits per heavy atom. The second-order valence-electron chi connectivity index (χ2n) is 5.54. The highest BCUT2D eigenvalue weighted by Gasteiger charge is 2.27. The molecule has 1 aliphatic rings. The van der Waals surface area contributed by atoms with Gasteiger partial charge in [0.05, 0.1) is 0 Å². The van der Waals surface area contributed by atoms with Crippen molar-refractivity contribution in [3.63, 3.8) is 0 Å². The van der Waals surface area contributed by atoms with Crippen LogP contribution in [0.15, 0.2) is 12.2 Å². The third-order valence-electron chi connectivity index (χ3n) is 2.58. The van der Waals surface area contributed by atoms with E-state index in [1.807, 2.05) is 20.8 Å². The standard InChI is InChI=1S/C13H22N2O3/c1-10(2)11(16)14-6-8-15(9-7-14)12(17)18-13(3,4)5/h1,6-9H2,2-5H3. The first-order valence-electron chi connectivity index (χ1n) is 6.13. The van der Waals surface area contributed by atoms with Gasteiger partial charge in [-0.15, -0.1) is 0 Å². The molecule has 0 aromatic heterocycles. The average molecular weight is 254 g/mol. The van der Waals surface area contributed by atoms with Gasteiger partial charge < -0.3 is 14.5 Å². The van der Waals surface area contributed by atoms with E-state index in [4.69, 9.17) is 4.74 Å². The van der Waals surface area contributed by atoms with Crippen molar-refractivity contribution in [1.29, 1.82) is 0 Å². The molecule has 1 saturated heterocycles. The molecule has 0 bridgehead atoms. The predicted molar refractivity (Wildman–Crippen MR) is 69.2 cm³/mol. The van der Waals surface area contributed by atoms with Gasteiger partial charge in [0.1, 0.15) is 5.60 Å². The van der Waals surface area contributed by atoms with Crippen molar-refractivity contribution in [1.82, 2.24) is 9.80 Å². The molecule has 0 atom stereocenters. The van der Waals surface area contributed by atoms with Crippen LogP contribution in [0.25, 0.3) is 0 Å². The number of carbonyl (C=O) groups excluding carboxylic acids is 2. The molecule has 102 valence electrons. The van der Waals surface area contributed by atoms with Gasteiger partial charge in [-0.2, -0.15) is 0 Å². The Labute approximate surface area is 108 Å². The molecule has 1 aliphatic heterocycles. The van der Waals surface area contributed by atoms with Gasteiger partial charge in [0.25, 0.3) is 0 Å². The van der Waals surface area contributed by atoms with Crippen LogP contribution < -0.4 is 0 Å². The molecule has 2 amide bonds. The second kappa shape index (κ2) is 5.42. The molecule has 0 aromatic rings. The minimum Gasteiger partial charge on any atom is -0.444 e. The maximum atomic E-state index is 11.8. The van der Waals surface area contributed by atoms with Crippen molar-refractivity contribution in [2.24, 2.45) is 0 Å². The van der Waals surface area contributed by atoms with E-state index in [0.29, 0.717) is 31.8 Å². The second-order valence-corrected chi connectivity index (χ2v) is 5.54. The zero-order chi connectivity index (χ0) is 13.9. The number of piperazine rings is 1. The number of nitrogens with zero attached hydrogens (tertiary/aromatic N) is 2. The molecule has 0 N–H and O–H groups in total. The minimum atomic E-state index is -0.484. The van der Waals surface area contributed by atoms with Crippen LogP contribution in [0.1, 0.15) is 27.7 Å². The lowest BCUT2D eigenvalue weighted by Crippen LogP contribution is -2.51. The van der Waals surface area contributed by atoms with E-state index >= 15 is 0 Å². The molecule has 0 spiro atoms. The Bertz CT molecular complexity index is 350. The molecular formula is C13H22N2O3. The molecule has 0 radical (unpaired) electrons. The molecule has 0 unspecified atom stereocenters. The summed E-state index contributed by atoms with van der Waals surface area (Å²) in [5.41, 5.74) is 0.0441. The van der Waals surface area contributed by atoms with E-state index in [1.54, 1.807) is 16.7 Å². The van der Waals surface area contributed by atoms with E-state index in [0.717, 1.165) is 0 Å². The SMILES string of the molecule is C=C(C)C(=O)N1CCN(C(=O)OC(C)(C)C)CC1. The molecule has 1 fully saturated rings. The first kappa shape index (κ1) is 14.5. The van der Waals surface area contributed by atoms with Gasteiger partial charge in [-0.1, -0.05) is 6.58 Å². The lowest BCUT2D eigenvalue weighted by atomic mass is 10.2. The van der Waals surface area contributed by atoms with Crippen molar-refractivity contribution in [2.75, 3.05) is 26.2 Å². The molecule has 5 heteroatoms. The molecule has 0 aliphatic carbocycles. The van der Waals surface area contributed by atoms with Crippen molar-refractivity contribution in [2.45, 2.75) is 33.3 Å². The van der Waals surface area contributed by atoms with Crippen molar-refractivity contribution in [3.05, 3.63) is 12.2 Å². The van der Waals surface area contributed by atoms with Crippen LogP contribution in [0, 0.1) is 0 Å². The van der Waals surface area contributed by atoms with Crippen LogP contribution in [0.4, 0.5) is 4.79 Å². The van der Waals surface area contributed by atoms with Crippen LogP contribution in [-0.4, -0.2) is 53.6 Å². The van der Waals surface area contributed by atoms with E-state index < -0.39 is 5.60 Å². The monoisotopic (exact) mass is 254 g/mol. The topological polar surface area (TPSA) is 49.9 Å². The summed E-state index contributed by atoms with van der Waals surface area (Å²) in [5, 5.41) is 0. The zero-order valence-corrected chi connectivity index (χ0v) is 11.7. The van der Waals surface area contributed by atoms with Gasteiger partial charge in [-0.25, -0.2) is 4.79 Å². The number of hydrogen-bond acceptors (Lipinski definition) is 3. The molecule has 18 heavy (non-hydrogen) atoms. The van der Waals surface area contributed by atoms with Crippen molar-refractivity contribution in [3.8, 4) is 0 Å². The summed E-state index contributed by atoms with van der Waals surface area (Å²) in [5.74, 6) is -0.0427. The molecule has 1 heterocycles. The maximum Gasteiger partial charge on any atom is 0.410 e. The van der Waals surface area contributed by atoms with Gasteiger partial charge in [0, 0.05) is 31.8 Å². The molecule has 5 nitrogen and oxygen atoms in total. The Kier molecular flexibility index (Phi) is 4.38. The highest BCUT2D eigenvalue weighted by atomic mass is 16.6. The summed E-state index contributed by atoms with van der Waals surface area (Å²) in [7, 11) is 0. The summed E-state index contributed by atoms with van der Waals surface area (Å²) in [6, 6.07) is 0. The quantitative estimate of drug-likeness (QED) is 0.668. The third-order valence-corrected chi connectivity index (χ3v) is 2.58. The maximum absolute atomic E-state index is 11.8.